The smallest absolute Gasteiger partial charge is 0.193 e. The van der Waals surface area contributed by atoms with Gasteiger partial charge in [0.15, 0.2) is 5.43 Å². The van der Waals surface area contributed by atoms with Gasteiger partial charge in [0.1, 0.15) is 23.7 Å². The van der Waals surface area contributed by atoms with Crippen molar-refractivity contribution in [3.63, 3.8) is 0 Å². The fourth-order valence-corrected chi connectivity index (χ4v) is 2.59. The van der Waals surface area contributed by atoms with Crippen LogP contribution in [0.3, 0.4) is 0 Å². The zero-order valence-corrected chi connectivity index (χ0v) is 15.1. The number of ether oxygens (including phenoxy) is 3. The normalized spacial score (nSPS) is 11.0. The highest BCUT2D eigenvalue weighted by atomic mass is 16.5. The van der Waals surface area contributed by atoms with Crippen LogP contribution >= 0.6 is 0 Å². The molecule has 27 heavy (non-hydrogen) atoms. The summed E-state index contributed by atoms with van der Waals surface area (Å²) in [6, 6.07) is 16.2. The van der Waals surface area contributed by atoms with Crippen LogP contribution in [-0.4, -0.2) is 39.6 Å². The van der Waals surface area contributed by atoms with E-state index in [1.807, 2.05) is 30.3 Å². The molecule has 0 atom stereocenters. The van der Waals surface area contributed by atoms with Crippen LogP contribution < -0.4 is 15.9 Å². The first-order valence-electron chi connectivity index (χ1n) is 8.89. The van der Waals surface area contributed by atoms with Gasteiger partial charge in [-0.3, -0.25) is 4.79 Å². The Balaban J connectivity index is 1.62. The summed E-state index contributed by atoms with van der Waals surface area (Å²) in [6.07, 6.45) is 0. The van der Waals surface area contributed by atoms with Gasteiger partial charge in [0.2, 0.25) is 0 Å². The third kappa shape index (κ3) is 5.40. The maximum absolute atomic E-state index is 12.4. The first-order chi connectivity index (χ1) is 13.3. The lowest BCUT2D eigenvalue weighted by atomic mass is 10.1. The van der Waals surface area contributed by atoms with Crippen molar-refractivity contribution in [2.75, 3.05) is 39.6 Å². The third-order valence-electron chi connectivity index (χ3n) is 3.89. The number of rotatable bonds is 10. The molecular formula is C21H23NO5. The van der Waals surface area contributed by atoms with Gasteiger partial charge in [-0.15, -0.1) is 0 Å². The van der Waals surface area contributed by atoms with E-state index in [1.165, 1.54) is 6.07 Å². The number of hydrogen-bond donors (Lipinski definition) is 1. The van der Waals surface area contributed by atoms with Gasteiger partial charge < -0.3 is 24.4 Å². The van der Waals surface area contributed by atoms with Gasteiger partial charge in [0.25, 0.3) is 0 Å². The molecule has 6 heteroatoms. The van der Waals surface area contributed by atoms with E-state index >= 15 is 0 Å². The van der Waals surface area contributed by atoms with E-state index in [1.54, 1.807) is 18.2 Å². The Morgan fingerprint density at radius 2 is 1.59 bits per heavy atom. The molecule has 2 aromatic carbocycles. The fraction of sp³-hybridized carbons (Fsp3) is 0.286. The van der Waals surface area contributed by atoms with Crippen LogP contribution in [0.1, 0.15) is 0 Å². The lowest BCUT2D eigenvalue weighted by molar-refractivity contribution is 0.0388. The van der Waals surface area contributed by atoms with Crippen LogP contribution in [0, 0.1) is 0 Å². The van der Waals surface area contributed by atoms with Crippen LogP contribution in [0.25, 0.3) is 22.3 Å². The second-order valence-corrected chi connectivity index (χ2v) is 5.86. The van der Waals surface area contributed by atoms with Crippen molar-refractivity contribution in [2.45, 2.75) is 0 Å². The van der Waals surface area contributed by atoms with E-state index < -0.39 is 0 Å². The molecule has 142 valence electrons. The molecule has 0 bridgehead atoms. The first-order valence-corrected chi connectivity index (χ1v) is 8.89. The van der Waals surface area contributed by atoms with E-state index in [4.69, 9.17) is 24.4 Å². The zero-order valence-electron chi connectivity index (χ0n) is 15.1. The Morgan fingerprint density at radius 3 is 2.37 bits per heavy atom. The largest absolute Gasteiger partial charge is 0.491 e. The predicted octanol–water partition coefficient (Wildman–Crippen LogP) is 2.83. The van der Waals surface area contributed by atoms with Crippen LogP contribution in [0.5, 0.6) is 5.75 Å². The minimum Gasteiger partial charge on any atom is -0.491 e. The molecular weight excluding hydrogens is 346 g/mol. The number of nitrogens with two attached hydrogens (primary N) is 1. The van der Waals surface area contributed by atoms with Crippen LogP contribution in [0.4, 0.5) is 0 Å². The molecule has 6 nitrogen and oxygen atoms in total. The maximum Gasteiger partial charge on any atom is 0.193 e. The molecule has 0 unspecified atom stereocenters. The van der Waals surface area contributed by atoms with Gasteiger partial charge in [0.05, 0.1) is 31.8 Å². The lowest BCUT2D eigenvalue weighted by Crippen LogP contribution is -2.14. The number of benzene rings is 2. The molecule has 2 N–H and O–H groups in total. The molecule has 0 aliphatic carbocycles. The number of hydrogen-bond acceptors (Lipinski definition) is 6. The average molecular weight is 369 g/mol. The second kappa shape index (κ2) is 9.87. The van der Waals surface area contributed by atoms with Crippen LogP contribution in [0.2, 0.25) is 0 Å². The summed E-state index contributed by atoms with van der Waals surface area (Å²) in [5.74, 6) is 1.16. The monoisotopic (exact) mass is 369 g/mol. The fourth-order valence-electron chi connectivity index (χ4n) is 2.59. The maximum atomic E-state index is 12.4. The van der Waals surface area contributed by atoms with Gasteiger partial charge in [-0.1, -0.05) is 30.3 Å². The third-order valence-corrected chi connectivity index (χ3v) is 3.89. The molecule has 0 fully saturated rings. The van der Waals surface area contributed by atoms with Crippen LogP contribution in [0.15, 0.2) is 63.8 Å². The van der Waals surface area contributed by atoms with Crippen molar-refractivity contribution >= 4 is 11.0 Å². The minimum absolute atomic E-state index is 0.0811. The predicted molar refractivity (Wildman–Crippen MR) is 104 cm³/mol. The molecule has 1 heterocycles. The van der Waals surface area contributed by atoms with E-state index in [0.29, 0.717) is 62.1 Å². The Hall–Kier alpha value is -2.67. The molecule has 0 spiro atoms. The van der Waals surface area contributed by atoms with Gasteiger partial charge >= 0.3 is 0 Å². The highest BCUT2D eigenvalue weighted by Gasteiger charge is 2.08. The SMILES string of the molecule is NCCOCCOCCOc1ccc2c(=O)cc(-c3ccccc3)oc2c1. The van der Waals surface area contributed by atoms with Crippen molar-refractivity contribution in [1.82, 2.24) is 0 Å². The Labute approximate surface area is 157 Å². The standard InChI is InChI=1S/C21H23NO5/c22-8-9-24-10-11-25-12-13-26-17-6-7-18-19(23)15-20(27-21(18)14-17)16-4-2-1-3-5-16/h1-7,14-15H,8-13,22H2. The first kappa shape index (κ1) is 19.1. The van der Waals surface area contributed by atoms with E-state index in [-0.39, 0.29) is 5.43 Å². The van der Waals surface area contributed by atoms with Crippen molar-refractivity contribution in [3.8, 4) is 17.1 Å². The Morgan fingerprint density at radius 1 is 0.852 bits per heavy atom. The molecule has 0 amide bonds. The summed E-state index contributed by atoms with van der Waals surface area (Å²) in [5.41, 5.74) is 6.60. The Bertz CT molecular complexity index is 907. The average Bonchev–Trinajstić information content (AvgIpc) is 2.70. The zero-order chi connectivity index (χ0) is 18.9. The number of fused-ring (bicyclic) bond motifs is 1. The highest BCUT2D eigenvalue weighted by molar-refractivity contribution is 5.80. The molecule has 3 rings (SSSR count). The summed E-state index contributed by atoms with van der Waals surface area (Å²) in [5, 5.41) is 0.523. The van der Waals surface area contributed by atoms with E-state index in [0.717, 1.165) is 5.56 Å². The van der Waals surface area contributed by atoms with Gasteiger partial charge in [-0.25, -0.2) is 0 Å². The van der Waals surface area contributed by atoms with Crippen molar-refractivity contribution in [3.05, 3.63) is 64.8 Å². The van der Waals surface area contributed by atoms with E-state index in [9.17, 15) is 4.79 Å². The molecule has 0 saturated carbocycles. The topological polar surface area (TPSA) is 83.9 Å². The molecule has 0 radical (unpaired) electrons. The van der Waals surface area contributed by atoms with Gasteiger partial charge in [0, 0.05) is 24.2 Å². The Kier molecular flexibility index (Phi) is 6.98. The van der Waals surface area contributed by atoms with Crippen molar-refractivity contribution in [1.29, 1.82) is 0 Å². The minimum atomic E-state index is -0.0811. The second-order valence-electron chi connectivity index (χ2n) is 5.86. The molecule has 0 saturated heterocycles. The quantitative estimate of drug-likeness (QED) is 0.553. The molecule has 1 aromatic heterocycles. The van der Waals surface area contributed by atoms with Crippen molar-refractivity contribution in [2.24, 2.45) is 5.73 Å². The van der Waals surface area contributed by atoms with Gasteiger partial charge in [-0.05, 0) is 12.1 Å². The molecule has 3 aromatic rings. The summed E-state index contributed by atoms with van der Waals surface area (Å²) >= 11 is 0. The summed E-state index contributed by atoms with van der Waals surface area (Å²) in [6.45, 7) is 2.89. The summed E-state index contributed by atoms with van der Waals surface area (Å²) in [7, 11) is 0. The molecule has 0 aliphatic heterocycles. The van der Waals surface area contributed by atoms with E-state index in [2.05, 4.69) is 0 Å². The molecule has 0 aliphatic rings. The van der Waals surface area contributed by atoms with Crippen molar-refractivity contribution < 1.29 is 18.6 Å². The van der Waals surface area contributed by atoms with Gasteiger partial charge in [-0.2, -0.15) is 0 Å². The summed E-state index contributed by atoms with van der Waals surface area (Å²) in [4.78, 5) is 12.4. The lowest BCUT2D eigenvalue weighted by Gasteiger charge is -2.09. The van der Waals surface area contributed by atoms with Crippen LogP contribution in [-0.2, 0) is 9.47 Å². The summed E-state index contributed by atoms with van der Waals surface area (Å²) < 4.78 is 22.2. The highest BCUT2D eigenvalue weighted by Crippen LogP contribution is 2.24.